The average Bonchev–Trinajstić information content (AvgIpc) is 3.19. The molecule has 8 nitrogen and oxygen atoms in total. The summed E-state index contributed by atoms with van der Waals surface area (Å²) in [6.07, 6.45) is 1.71. The van der Waals surface area contributed by atoms with Crippen LogP contribution in [-0.2, 0) is 22.6 Å². The summed E-state index contributed by atoms with van der Waals surface area (Å²) in [6, 6.07) is 0. The number of aryl methyl sites for hydroxylation is 2. The van der Waals surface area contributed by atoms with E-state index in [1.54, 1.807) is 18.2 Å². The molecule has 24 heavy (non-hydrogen) atoms. The molecule has 3 rings (SSSR count). The van der Waals surface area contributed by atoms with Gasteiger partial charge in [-0.25, -0.2) is 4.98 Å². The second-order valence-corrected chi connectivity index (χ2v) is 6.49. The molecule has 0 aromatic carbocycles. The highest BCUT2D eigenvalue weighted by Crippen LogP contribution is 2.30. The van der Waals surface area contributed by atoms with Crippen LogP contribution in [-0.4, -0.2) is 49.1 Å². The van der Waals surface area contributed by atoms with Crippen molar-refractivity contribution in [1.29, 1.82) is 0 Å². The van der Waals surface area contributed by atoms with Crippen molar-refractivity contribution in [3.8, 4) is 0 Å². The quantitative estimate of drug-likeness (QED) is 0.774. The van der Waals surface area contributed by atoms with E-state index in [0.717, 1.165) is 16.3 Å². The lowest BCUT2D eigenvalue weighted by Gasteiger charge is -2.31. The molecule has 2 aromatic rings. The molecule has 3 heterocycles. The predicted molar refractivity (Wildman–Crippen MR) is 86.7 cm³/mol. The second kappa shape index (κ2) is 6.68. The van der Waals surface area contributed by atoms with Gasteiger partial charge in [0.15, 0.2) is 5.69 Å². The summed E-state index contributed by atoms with van der Waals surface area (Å²) in [5.74, 6) is -1.10. The number of esters is 1. The van der Waals surface area contributed by atoms with Gasteiger partial charge in [-0.1, -0.05) is 4.49 Å². The highest BCUT2D eigenvalue weighted by molar-refractivity contribution is 7.05. The number of carbonyl (C=O) groups excluding carboxylic acids is 2. The molecular formula is C15H19N5O3S. The zero-order valence-electron chi connectivity index (χ0n) is 13.9. The first-order valence-electron chi connectivity index (χ1n) is 7.85. The van der Waals surface area contributed by atoms with Crippen molar-refractivity contribution in [2.75, 3.05) is 13.2 Å². The molecule has 1 amide bonds. The van der Waals surface area contributed by atoms with Crippen molar-refractivity contribution in [3.63, 3.8) is 0 Å². The van der Waals surface area contributed by atoms with E-state index >= 15 is 0 Å². The molecule has 1 aliphatic heterocycles. The van der Waals surface area contributed by atoms with Crippen LogP contribution in [0.2, 0.25) is 0 Å². The molecule has 0 bridgehead atoms. The maximum Gasteiger partial charge on any atom is 0.316 e. The molecule has 9 heteroatoms. The van der Waals surface area contributed by atoms with Crippen LogP contribution in [0.4, 0.5) is 0 Å². The SMILES string of the molecule is CCOC(=O)[C@@H]1CN(C(=O)c2nnsc2C)Cc2ncn(CC)c21. The standard InChI is InChI=1S/C15H19N5O3S/c1-4-19-8-16-11-7-20(14(21)12-9(3)24-18-17-12)6-10(13(11)19)15(22)23-5-2/h8,10H,4-7H2,1-3H3/t10-/m1/s1. The van der Waals surface area contributed by atoms with Crippen LogP contribution in [0.1, 0.15) is 46.5 Å². The molecule has 0 N–H and O–H groups in total. The first kappa shape index (κ1) is 16.6. The van der Waals surface area contributed by atoms with Crippen molar-refractivity contribution in [2.24, 2.45) is 0 Å². The summed E-state index contributed by atoms with van der Waals surface area (Å²) in [7, 11) is 0. The summed E-state index contributed by atoms with van der Waals surface area (Å²) >= 11 is 1.19. The van der Waals surface area contributed by atoms with Gasteiger partial charge in [0.1, 0.15) is 5.92 Å². The third-order valence-electron chi connectivity index (χ3n) is 4.09. The van der Waals surface area contributed by atoms with E-state index in [-0.39, 0.29) is 18.4 Å². The third kappa shape index (κ3) is 2.79. The summed E-state index contributed by atoms with van der Waals surface area (Å²) in [5.41, 5.74) is 1.91. The van der Waals surface area contributed by atoms with Crippen LogP contribution in [0, 0.1) is 6.92 Å². The fraction of sp³-hybridized carbons (Fsp3) is 0.533. The first-order valence-corrected chi connectivity index (χ1v) is 8.62. The molecule has 0 spiro atoms. The number of nitrogens with zero attached hydrogens (tertiary/aromatic N) is 5. The van der Waals surface area contributed by atoms with Crippen LogP contribution in [0.25, 0.3) is 0 Å². The van der Waals surface area contributed by atoms with Crippen LogP contribution >= 0.6 is 11.5 Å². The van der Waals surface area contributed by atoms with Gasteiger partial charge in [0.25, 0.3) is 5.91 Å². The van der Waals surface area contributed by atoms with E-state index in [4.69, 9.17) is 4.74 Å². The topological polar surface area (TPSA) is 90.2 Å². The van der Waals surface area contributed by atoms with Crippen LogP contribution < -0.4 is 0 Å². The highest BCUT2D eigenvalue weighted by Gasteiger charge is 2.38. The summed E-state index contributed by atoms with van der Waals surface area (Å²) in [4.78, 5) is 31.9. The number of imidazole rings is 1. The number of hydrogen-bond donors (Lipinski definition) is 0. The van der Waals surface area contributed by atoms with Crippen molar-refractivity contribution in [1.82, 2.24) is 24.0 Å². The Morgan fingerprint density at radius 1 is 1.42 bits per heavy atom. The van der Waals surface area contributed by atoms with Crippen LogP contribution in [0.15, 0.2) is 6.33 Å². The Morgan fingerprint density at radius 3 is 2.83 bits per heavy atom. The Hall–Kier alpha value is -2.29. The van der Waals surface area contributed by atoms with Gasteiger partial charge in [0, 0.05) is 13.1 Å². The zero-order chi connectivity index (χ0) is 17.3. The Bertz CT molecular complexity index is 769. The molecule has 0 radical (unpaired) electrons. The molecule has 0 saturated heterocycles. The Labute approximate surface area is 143 Å². The predicted octanol–water partition coefficient (Wildman–Crippen LogP) is 1.37. The maximum absolute atomic E-state index is 12.7. The molecule has 0 unspecified atom stereocenters. The first-order chi connectivity index (χ1) is 11.6. The van der Waals surface area contributed by atoms with E-state index in [2.05, 4.69) is 14.6 Å². The van der Waals surface area contributed by atoms with Gasteiger partial charge in [-0.05, 0) is 32.3 Å². The number of ether oxygens (including phenoxy) is 1. The maximum atomic E-state index is 12.7. The zero-order valence-corrected chi connectivity index (χ0v) is 14.7. The molecular weight excluding hydrogens is 330 g/mol. The van der Waals surface area contributed by atoms with Crippen molar-refractivity contribution < 1.29 is 14.3 Å². The second-order valence-electron chi connectivity index (χ2n) is 5.53. The Morgan fingerprint density at radius 2 is 2.21 bits per heavy atom. The molecule has 0 saturated carbocycles. The van der Waals surface area contributed by atoms with E-state index in [1.807, 2.05) is 18.4 Å². The van der Waals surface area contributed by atoms with Gasteiger partial charge in [-0.2, -0.15) is 0 Å². The molecule has 1 aliphatic rings. The lowest BCUT2D eigenvalue weighted by Crippen LogP contribution is -2.42. The molecule has 128 valence electrons. The minimum atomic E-state index is -0.535. The summed E-state index contributed by atoms with van der Waals surface area (Å²) < 4.78 is 11.0. The smallest absolute Gasteiger partial charge is 0.316 e. The van der Waals surface area contributed by atoms with Gasteiger partial charge in [-0.15, -0.1) is 5.10 Å². The molecule has 0 aliphatic carbocycles. The number of rotatable bonds is 4. The normalized spacial score (nSPS) is 16.8. The fourth-order valence-corrected chi connectivity index (χ4v) is 3.38. The van der Waals surface area contributed by atoms with E-state index in [9.17, 15) is 9.59 Å². The van der Waals surface area contributed by atoms with Crippen molar-refractivity contribution in [2.45, 2.75) is 39.8 Å². The minimum Gasteiger partial charge on any atom is -0.465 e. The monoisotopic (exact) mass is 349 g/mol. The average molecular weight is 349 g/mol. The fourth-order valence-electron chi connectivity index (χ4n) is 2.92. The summed E-state index contributed by atoms with van der Waals surface area (Å²) in [5, 5.41) is 3.91. The Kier molecular flexibility index (Phi) is 4.61. The lowest BCUT2D eigenvalue weighted by molar-refractivity contribution is -0.145. The van der Waals surface area contributed by atoms with Gasteiger partial charge in [0.05, 0.1) is 35.7 Å². The molecule has 2 aromatic heterocycles. The van der Waals surface area contributed by atoms with Crippen LogP contribution in [0.5, 0.6) is 0 Å². The molecule has 0 fully saturated rings. The van der Waals surface area contributed by atoms with Crippen molar-refractivity contribution >= 4 is 23.4 Å². The van der Waals surface area contributed by atoms with E-state index < -0.39 is 5.92 Å². The molecule has 1 atom stereocenters. The van der Waals surface area contributed by atoms with Gasteiger partial charge < -0.3 is 14.2 Å². The summed E-state index contributed by atoms with van der Waals surface area (Å²) in [6.45, 7) is 7.19. The number of aromatic nitrogens is 4. The third-order valence-corrected chi connectivity index (χ3v) is 4.72. The van der Waals surface area contributed by atoms with Gasteiger partial charge >= 0.3 is 5.97 Å². The van der Waals surface area contributed by atoms with Gasteiger partial charge in [-0.3, -0.25) is 9.59 Å². The number of fused-ring (bicyclic) bond motifs is 1. The minimum absolute atomic E-state index is 0.229. The van der Waals surface area contributed by atoms with E-state index in [0.29, 0.717) is 25.4 Å². The lowest BCUT2D eigenvalue weighted by atomic mass is 9.97. The van der Waals surface area contributed by atoms with E-state index in [1.165, 1.54) is 11.5 Å². The van der Waals surface area contributed by atoms with Crippen LogP contribution in [0.3, 0.4) is 0 Å². The van der Waals surface area contributed by atoms with Gasteiger partial charge in [0.2, 0.25) is 0 Å². The largest absolute Gasteiger partial charge is 0.465 e. The Balaban J connectivity index is 1.94. The number of amides is 1. The van der Waals surface area contributed by atoms with Crippen molar-refractivity contribution in [3.05, 3.63) is 28.3 Å². The number of carbonyl (C=O) groups is 2. The highest BCUT2D eigenvalue weighted by atomic mass is 32.1. The number of hydrogen-bond acceptors (Lipinski definition) is 7.